The van der Waals surface area contributed by atoms with Gasteiger partial charge in [-0.15, -0.1) is 0 Å². The molecule has 35 heavy (non-hydrogen) atoms. The van der Waals surface area contributed by atoms with Crippen LogP contribution in [0.15, 0.2) is 0 Å². The summed E-state index contributed by atoms with van der Waals surface area (Å²) in [5.74, 6) is 0.855. The van der Waals surface area contributed by atoms with Crippen LogP contribution in [0.3, 0.4) is 0 Å². The van der Waals surface area contributed by atoms with Gasteiger partial charge in [0.05, 0.1) is 47.9 Å². The number of nitrogens with zero attached hydrogens (tertiary/aromatic N) is 5. The van der Waals surface area contributed by atoms with Gasteiger partial charge in [-0.2, -0.15) is 15.0 Å². The van der Waals surface area contributed by atoms with Crippen molar-refractivity contribution in [2.45, 2.75) is 84.0 Å². The van der Waals surface area contributed by atoms with Gasteiger partial charge in [0.25, 0.3) is 0 Å². The lowest BCUT2D eigenvalue weighted by molar-refractivity contribution is -0.839. The smallest absolute Gasteiger partial charge is 0.323 e. The van der Waals surface area contributed by atoms with Crippen molar-refractivity contribution in [2.75, 3.05) is 71.6 Å². The molecule has 0 bridgehead atoms. The maximum Gasteiger partial charge on any atom is 0.323 e. The minimum atomic E-state index is -0.326. The van der Waals surface area contributed by atoms with E-state index in [-0.39, 0.29) is 9.29 Å². The summed E-state index contributed by atoms with van der Waals surface area (Å²) in [4.78, 5) is 13.2. The molecule has 1 aromatic heterocycles. The molecule has 10 heteroatoms. The van der Waals surface area contributed by atoms with Crippen molar-refractivity contribution >= 4 is 11.9 Å². The van der Waals surface area contributed by atoms with E-state index in [1.807, 2.05) is 0 Å². The Morgan fingerprint density at radius 3 is 1.49 bits per heavy atom. The first-order chi connectivity index (χ1) is 16.6. The maximum atomic E-state index is 11.7. The highest BCUT2D eigenvalue weighted by Crippen LogP contribution is 2.14. The number of anilines is 2. The molecule has 0 aliphatic rings. The number of aromatic nitrogens is 3. The third kappa shape index (κ3) is 19.2. The molecule has 0 saturated carbocycles. The minimum absolute atomic E-state index is 0.292. The molecule has 1 rings (SSSR count). The summed E-state index contributed by atoms with van der Waals surface area (Å²) in [5.41, 5.74) is 0. The molecule has 204 valence electrons. The fourth-order valence-corrected chi connectivity index (χ4v) is 3.65. The standard InChI is InChI=1S/C25H51N7O3/c1-6-7-8-9-10-11-12-13-14-15-22-35-25-29-23(26-18-16-20-31(2,3)33)28-24(30-25)27-19-17-21-32(4,5)34/h6-22H2,1-5H3,(H2,26,27,28,29,30). The third-order valence-electron chi connectivity index (χ3n) is 5.66. The van der Waals surface area contributed by atoms with Gasteiger partial charge in [0, 0.05) is 25.9 Å². The van der Waals surface area contributed by atoms with E-state index in [1.54, 1.807) is 28.2 Å². The Balaban J connectivity index is 2.44. The Hall–Kier alpha value is -1.75. The van der Waals surface area contributed by atoms with E-state index < -0.39 is 0 Å². The predicted molar refractivity (Wildman–Crippen MR) is 144 cm³/mol. The van der Waals surface area contributed by atoms with Gasteiger partial charge in [-0.25, -0.2) is 0 Å². The maximum absolute atomic E-state index is 11.7. The quantitative estimate of drug-likeness (QED) is 0.132. The zero-order chi connectivity index (χ0) is 26.0. The predicted octanol–water partition coefficient (Wildman–Crippen LogP) is 4.92. The van der Waals surface area contributed by atoms with E-state index in [0.717, 1.165) is 12.8 Å². The molecule has 0 aliphatic heterocycles. The first-order valence-corrected chi connectivity index (χ1v) is 13.5. The Labute approximate surface area is 213 Å². The number of quaternary nitrogens is 2. The zero-order valence-electron chi connectivity index (χ0n) is 23.0. The normalized spacial score (nSPS) is 12.1. The van der Waals surface area contributed by atoms with Crippen LogP contribution >= 0.6 is 0 Å². The number of hydrogen-bond acceptors (Lipinski definition) is 8. The molecule has 0 fully saturated rings. The molecule has 10 nitrogen and oxygen atoms in total. The number of nitrogens with one attached hydrogen (secondary N) is 2. The van der Waals surface area contributed by atoms with Crippen molar-refractivity contribution in [1.29, 1.82) is 0 Å². The second-order valence-electron chi connectivity index (χ2n) is 10.5. The van der Waals surface area contributed by atoms with Crippen molar-refractivity contribution in [3.63, 3.8) is 0 Å². The first-order valence-electron chi connectivity index (χ1n) is 13.5. The van der Waals surface area contributed by atoms with Crippen molar-refractivity contribution in [3.8, 4) is 6.01 Å². The second kappa shape index (κ2) is 17.6. The highest BCUT2D eigenvalue weighted by atomic mass is 16.5. The number of unbranched alkanes of at least 4 members (excludes halogenated alkanes) is 9. The van der Waals surface area contributed by atoms with Crippen molar-refractivity contribution < 1.29 is 14.0 Å². The zero-order valence-corrected chi connectivity index (χ0v) is 23.0. The van der Waals surface area contributed by atoms with Gasteiger partial charge in [-0.1, -0.05) is 64.7 Å². The van der Waals surface area contributed by atoms with Crippen LogP contribution < -0.4 is 15.4 Å². The summed E-state index contributed by atoms with van der Waals surface area (Å²) < 4.78 is 5.18. The Bertz CT molecular complexity index is 623. The Morgan fingerprint density at radius 1 is 0.629 bits per heavy atom. The Morgan fingerprint density at radius 2 is 1.06 bits per heavy atom. The first kappa shape index (κ1) is 31.3. The summed E-state index contributed by atoms with van der Waals surface area (Å²) in [5, 5.41) is 29.8. The molecule has 0 amide bonds. The topological polar surface area (TPSA) is 118 Å². The van der Waals surface area contributed by atoms with E-state index in [9.17, 15) is 10.4 Å². The van der Waals surface area contributed by atoms with Crippen LogP contribution in [0, 0.1) is 10.4 Å². The molecule has 0 unspecified atom stereocenters. The summed E-state index contributed by atoms with van der Waals surface area (Å²) in [6.07, 6.45) is 14.1. The Kier molecular flexibility index (Phi) is 15.8. The van der Waals surface area contributed by atoms with Gasteiger partial charge in [-0.05, 0) is 6.42 Å². The summed E-state index contributed by atoms with van der Waals surface area (Å²) in [6.45, 7) is 5.02. The SMILES string of the molecule is CCCCCCCCCCCCOc1nc(NCCC[N+](C)(C)[O-])nc(NCCC[N+](C)(C)[O-])n1. The highest BCUT2D eigenvalue weighted by molar-refractivity contribution is 5.35. The molecular weight excluding hydrogens is 446 g/mol. The monoisotopic (exact) mass is 497 g/mol. The molecule has 2 N–H and O–H groups in total. The largest absolute Gasteiger partial charge is 0.633 e. The molecule has 1 aromatic rings. The van der Waals surface area contributed by atoms with Gasteiger partial charge in [0.15, 0.2) is 0 Å². The van der Waals surface area contributed by atoms with Crippen LogP contribution in [-0.4, -0.2) is 85.2 Å². The van der Waals surface area contributed by atoms with Crippen LogP contribution in [0.5, 0.6) is 6.01 Å². The summed E-state index contributed by atoms with van der Waals surface area (Å²) in [6, 6.07) is 0.292. The number of ether oxygens (including phenoxy) is 1. The van der Waals surface area contributed by atoms with Gasteiger partial charge in [0.2, 0.25) is 11.9 Å². The number of hydrogen-bond donors (Lipinski definition) is 2. The van der Waals surface area contributed by atoms with Crippen molar-refractivity contribution in [3.05, 3.63) is 10.4 Å². The third-order valence-corrected chi connectivity index (χ3v) is 5.66. The summed E-state index contributed by atoms with van der Waals surface area (Å²) >= 11 is 0. The molecule has 0 atom stereocenters. The second-order valence-corrected chi connectivity index (χ2v) is 10.5. The molecular formula is C25H51N7O3. The minimum Gasteiger partial charge on any atom is -0.633 e. The lowest BCUT2D eigenvalue weighted by Crippen LogP contribution is -2.34. The van der Waals surface area contributed by atoms with Crippen LogP contribution in [0.1, 0.15) is 84.0 Å². The highest BCUT2D eigenvalue weighted by Gasteiger charge is 2.09. The van der Waals surface area contributed by atoms with Crippen molar-refractivity contribution in [1.82, 2.24) is 15.0 Å². The van der Waals surface area contributed by atoms with E-state index in [1.165, 1.54) is 51.4 Å². The van der Waals surface area contributed by atoms with E-state index in [0.29, 0.717) is 63.5 Å². The fraction of sp³-hybridized carbons (Fsp3) is 0.880. The van der Waals surface area contributed by atoms with E-state index >= 15 is 0 Å². The molecule has 0 aromatic carbocycles. The van der Waals surface area contributed by atoms with E-state index in [2.05, 4.69) is 32.5 Å². The van der Waals surface area contributed by atoms with Crippen LogP contribution in [-0.2, 0) is 0 Å². The summed E-state index contributed by atoms with van der Waals surface area (Å²) in [7, 11) is 6.53. The molecule has 0 aliphatic carbocycles. The van der Waals surface area contributed by atoms with Crippen LogP contribution in [0.2, 0.25) is 0 Å². The van der Waals surface area contributed by atoms with Crippen LogP contribution in [0.25, 0.3) is 0 Å². The molecule has 0 radical (unpaired) electrons. The van der Waals surface area contributed by atoms with Gasteiger partial charge < -0.3 is 35.1 Å². The van der Waals surface area contributed by atoms with Gasteiger partial charge >= 0.3 is 6.01 Å². The molecule has 0 saturated heterocycles. The average molecular weight is 498 g/mol. The lowest BCUT2D eigenvalue weighted by Gasteiger charge is -2.33. The average Bonchev–Trinajstić information content (AvgIpc) is 2.77. The lowest BCUT2D eigenvalue weighted by atomic mass is 10.1. The van der Waals surface area contributed by atoms with Gasteiger partial charge in [0.1, 0.15) is 0 Å². The van der Waals surface area contributed by atoms with Crippen molar-refractivity contribution in [2.24, 2.45) is 0 Å². The van der Waals surface area contributed by atoms with E-state index in [4.69, 9.17) is 4.74 Å². The molecule has 0 spiro atoms. The molecule has 1 heterocycles. The van der Waals surface area contributed by atoms with Crippen LogP contribution in [0.4, 0.5) is 11.9 Å². The fourth-order valence-electron chi connectivity index (χ4n) is 3.65. The number of rotatable bonds is 22. The number of hydroxylamine groups is 6. The van der Waals surface area contributed by atoms with Gasteiger partial charge in [-0.3, -0.25) is 0 Å².